The summed E-state index contributed by atoms with van der Waals surface area (Å²) < 4.78 is 16.1. The quantitative estimate of drug-likeness (QED) is 0.103. The average molecular weight is 529 g/mol. The molecule has 0 saturated carbocycles. The summed E-state index contributed by atoms with van der Waals surface area (Å²) in [6, 6.07) is 34.6. The molecule has 0 atom stereocenters. The lowest BCUT2D eigenvalue weighted by molar-refractivity contribution is -0.384. The Labute approximate surface area is 229 Å². The first-order valence-electron chi connectivity index (χ1n) is 12.3. The lowest BCUT2D eigenvalue weighted by Gasteiger charge is -2.15. The van der Waals surface area contributed by atoms with Crippen LogP contribution in [0.25, 0.3) is 34.3 Å². The minimum absolute atomic E-state index is 0.0367. The van der Waals surface area contributed by atoms with Gasteiger partial charge in [-0.3, -0.25) is 14.9 Å². The molecular formula is C32H21FN4O3. The maximum atomic E-state index is 14.2. The van der Waals surface area contributed by atoms with Crippen molar-refractivity contribution in [1.82, 2.24) is 4.57 Å². The van der Waals surface area contributed by atoms with E-state index in [-0.39, 0.29) is 16.9 Å². The maximum Gasteiger partial charge on any atom is 0.269 e. The van der Waals surface area contributed by atoms with Crippen LogP contribution in [0.5, 0.6) is 0 Å². The fourth-order valence-electron chi connectivity index (χ4n) is 4.40. The van der Waals surface area contributed by atoms with Crippen molar-refractivity contribution in [2.75, 3.05) is 5.32 Å². The third-order valence-electron chi connectivity index (χ3n) is 6.25. The molecule has 0 fully saturated rings. The fourth-order valence-corrected chi connectivity index (χ4v) is 4.40. The van der Waals surface area contributed by atoms with Gasteiger partial charge in [-0.15, -0.1) is 0 Å². The van der Waals surface area contributed by atoms with Crippen molar-refractivity contribution in [2.45, 2.75) is 0 Å². The van der Waals surface area contributed by atoms with Gasteiger partial charge in [0.1, 0.15) is 17.5 Å². The molecule has 0 radical (unpaired) electrons. The van der Waals surface area contributed by atoms with E-state index in [1.807, 2.05) is 77.4 Å². The Morgan fingerprint density at radius 3 is 2.08 bits per heavy atom. The molecule has 1 heterocycles. The Balaban J connectivity index is 1.73. The number of hydrogen-bond acceptors (Lipinski definition) is 4. The smallest absolute Gasteiger partial charge is 0.269 e. The summed E-state index contributed by atoms with van der Waals surface area (Å²) in [5.41, 5.74) is 3.96. The fraction of sp³-hybridized carbons (Fsp3) is 0. The van der Waals surface area contributed by atoms with Crippen LogP contribution >= 0.6 is 0 Å². The predicted octanol–water partition coefficient (Wildman–Crippen LogP) is 7.40. The number of aromatic nitrogens is 1. The second-order valence-electron chi connectivity index (χ2n) is 8.78. The van der Waals surface area contributed by atoms with Crippen LogP contribution in [0, 0.1) is 27.3 Å². The van der Waals surface area contributed by atoms with Crippen molar-refractivity contribution >= 4 is 23.4 Å². The lowest BCUT2D eigenvalue weighted by atomic mass is 10.0. The van der Waals surface area contributed by atoms with Crippen molar-refractivity contribution in [3.05, 3.63) is 142 Å². The van der Waals surface area contributed by atoms with E-state index in [1.165, 1.54) is 36.4 Å². The van der Waals surface area contributed by atoms with Crippen LogP contribution in [0.15, 0.2) is 121 Å². The number of nitro benzene ring substituents is 1. The van der Waals surface area contributed by atoms with Gasteiger partial charge in [0.15, 0.2) is 0 Å². The number of para-hydroxylation sites is 1. The summed E-state index contributed by atoms with van der Waals surface area (Å²) in [6.07, 6.45) is 1.47. The number of hydrogen-bond donors (Lipinski definition) is 1. The third-order valence-corrected chi connectivity index (χ3v) is 6.25. The second-order valence-corrected chi connectivity index (χ2v) is 8.78. The Hall–Kier alpha value is -5.81. The number of nitro groups is 1. The summed E-state index contributed by atoms with van der Waals surface area (Å²) in [5.74, 6) is -1.37. The summed E-state index contributed by atoms with van der Waals surface area (Å²) in [6.45, 7) is 0. The van der Waals surface area contributed by atoms with E-state index in [1.54, 1.807) is 18.2 Å². The molecule has 0 spiro atoms. The topological polar surface area (TPSA) is 101 Å². The molecule has 5 aromatic rings. The van der Waals surface area contributed by atoms with Crippen molar-refractivity contribution < 1.29 is 14.1 Å². The van der Waals surface area contributed by atoms with Crippen molar-refractivity contribution in [3.8, 4) is 34.3 Å². The molecule has 5 rings (SSSR count). The molecule has 0 aliphatic heterocycles. The first kappa shape index (κ1) is 25.8. The van der Waals surface area contributed by atoms with Gasteiger partial charge < -0.3 is 9.88 Å². The summed E-state index contributed by atoms with van der Waals surface area (Å²) >= 11 is 0. The summed E-state index contributed by atoms with van der Waals surface area (Å²) in [7, 11) is 0. The molecule has 0 bridgehead atoms. The second kappa shape index (κ2) is 11.3. The molecule has 8 heteroatoms. The SMILES string of the molecule is N#C/C(=C\c1cc(-c2ccccc2)n(-c2ccc([N+](=O)[O-])cc2)c1-c1ccccc1)C(=O)Nc1ccccc1F. The van der Waals surface area contributed by atoms with E-state index in [4.69, 9.17) is 0 Å². The van der Waals surface area contributed by atoms with E-state index < -0.39 is 16.6 Å². The molecule has 4 aromatic carbocycles. The standard InChI is InChI=1S/C32H21FN4O3/c33-28-13-7-8-14-29(28)35-32(38)25(21-34)19-24-20-30(22-9-3-1-4-10-22)36(31(24)23-11-5-2-6-12-23)26-15-17-27(18-16-26)37(39)40/h1-20H,(H,35,38)/b25-19+. The first-order valence-corrected chi connectivity index (χ1v) is 12.3. The molecule has 1 amide bonds. The minimum Gasteiger partial charge on any atom is -0.319 e. The number of carbonyl (C=O) groups is 1. The number of nitriles is 1. The normalized spacial score (nSPS) is 11.1. The van der Waals surface area contributed by atoms with Crippen LogP contribution in [-0.4, -0.2) is 15.4 Å². The molecule has 1 aromatic heterocycles. The van der Waals surface area contributed by atoms with E-state index in [0.717, 1.165) is 16.8 Å². The van der Waals surface area contributed by atoms with Gasteiger partial charge in [-0.1, -0.05) is 72.8 Å². The Bertz CT molecular complexity index is 1770. The van der Waals surface area contributed by atoms with Crippen molar-refractivity contribution in [2.24, 2.45) is 0 Å². The highest BCUT2D eigenvalue weighted by Gasteiger charge is 2.21. The van der Waals surface area contributed by atoms with Gasteiger partial charge in [0.25, 0.3) is 11.6 Å². The number of halogens is 1. The van der Waals surface area contributed by atoms with Gasteiger partial charge in [0, 0.05) is 23.4 Å². The Morgan fingerprint density at radius 2 is 1.48 bits per heavy atom. The molecule has 7 nitrogen and oxygen atoms in total. The highest BCUT2D eigenvalue weighted by Crippen LogP contribution is 2.37. The highest BCUT2D eigenvalue weighted by molar-refractivity contribution is 6.10. The van der Waals surface area contributed by atoms with Crippen LogP contribution in [-0.2, 0) is 4.79 Å². The largest absolute Gasteiger partial charge is 0.319 e. The molecule has 0 saturated heterocycles. The molecule has 0 aliphatic carbocycles. The first-order chi connectivity index (χ1) is 19.5. The molecule has 0 unspecified atom stereocenters. The number of rotatable bonds is 7. The molecule has 0 aliphatic rings. The van der Waals surface area contributed by atoms with Crippen LogP contribution in [0.4, 0.5) is 15.8 Å². The minimum atomic E-state index is -0.754. The van der Waals surface area contributed by atoms with Crippen molar-refractivity contribution in [1.29, 1.82) is 5.26 Å². The maximum absolute atomic E-state index is 14.2. The average Bonchev–Trinajstić information content (AvgIpc) is 3.37. The van der Waals surface area contributed by atoms with Gasteiger partial charge in [-0.2, -0.15) is 5.26 Å². The number of non-ortho nitro benzene ring substituents is 1. The van der Waals surface area contributed by atoms with Crippen LogP contribution in [0.2, 0.25) is 0 Å². The van der Waals surface area contributed by atoms with Crippen LogP contribution in [0.3, 0.4) is 0 Å². The third kappa shape index (κ3) is 5.26. The molecule has 194 valence electrons. The Morgan fingerprint density at radius 1 is 0.875 bits per heavy atom. The number of nitrogens with one attached hydrogen (secondary N) is 1. The van der Waals surface area contributed by atoms with Crippen LogP contribution < -0.4 is 5.32 Å². The van der Waals surface area contributed by atoms with E-state index >= 15 is 0 Å². The number of carbonyl (C=O) groups excluding carboxylic acids is 1. The van der Waals surface area contributed by atoms with E-state index in [9.17, 15) is 24.6 Å². The zero-order valence-corrected chi connectivity index (χ0v) is 21.0. The lowest BCUT2D eigenvalue weighted by Crippen LogP contribution is -2.14. The molecule has 1 N–H and O–H groups in total. The van der Waals surface area contributed by atoms with Gasteiger partial charge >= 0.3 is 0 Å². The Kier molecular flexibility index (Phi) is 7.29. The number of benzene rings is 4. The molecule has 40 heavy (non-hydrogen) atoms. The number of amides is 1. The van der Waals surface area contributed by atoms with E-state index in [0.29, 0.717) is 16.9 Å². The van der Waals surface area contributed by atoms with Crippen LogP contribution in [0.1, 0.15) is 5.56 Å². The highest BCUT2D eigenvalue weighted by atomic mass is 19.1. The number of nitrogens with zero attached hydrogens (tertiary/aromatic N) is 3. The van der Waals surface area contributed by atoms with Gasteiger partial charge in [0.2, 0.25) is 0 Å². The van der Waals surface area contributed by atoms with Gasteiger partial charge in [-0.25, -0.2) is 4.39 Å². The number of anilines is 1. The molecular weight excluding hydrogens is 507 g/mol. The summed E-state index contributed by atoms with van der Waals surface area (Å²) in [5, 5.41) is 23.7. The van der Waals surface area contributed by atoms with Gasteiger partial charge in [-0.05, 0) is 47.5 Å². The van der Waals surface area contributed by atoms with Gasteiger partial charge in [0.05, 0.1) is 22.0 Å². The predicted molar refractivity (Wildman–Crippen MR) is 152 cm³/mol. The monoisotopic (exact) mass is 528 g/mol. The zero-order chi connectivity index (χ0) is 28.1. The summed E-state index contributed by atoms with van der Waals surface area (Å²) in [4.78, 5) is 23.9. The zero-order valence-electron chi connectivity index (χ0n) is 21.0. The van der Waals surface area contributed by atoms with E-state index in [2.05, 4.69) is 5.32 Å². The van der Waals surface area contributed by atoms with Crippen molar-refractivity contribution in [3.63, 3.8) is 0 Å².